The van der Waals surface area contributed by atoms with Gasteiger partial charge >= 0.3 is 5.69 Å². The summed E-state index contributed by atoms with van der Waals surface area (Å²) in [5.74, 6) is 1.10. The van der Waals surface area contributed by atoms with Crippen LogP contribution in [0.3, 0.4) is 0 Å². The highest BCUT2D eigenvalue weighted by Crippen LogP contribution is 2.36. The van der Waals surface area contributed by atoms with Crippen LogP contribution in [0.5, 0.6) is 0 Å². The lowest BCUT2D eigenvalue weighted by Gasteiger charge is -2.21. The maximum absolute atomic E-state index is 12.8. The lowest BCUT2D eigenvalue weighted by molar-refractivity contribution is 0.539. The number of aromatic nitrogens is 6. The fraction of sp³-hybridized carbons (Fsp3) is 0.357. The number of nitrogens with zero attached hydrogens (tertiary/aromatic N) is 7. The molecule has 0 N–H and O–H groups in total. The molecule has 0 saturated heterocycles. The van der Waals surface area contributed by atoms with E-state index in [1.807, 2.05) is 39.5 Å². The van der Waals surface area contributed by atoms with E-state index in [9.17, 15) is 10.1 Å². The first kappa shape index (κ1) is 23.6. The van der Waals surface area contributed by atoms with Crippen LogP contribution in [0.2, 0.25) is 0 Å². The third-order valence-electron chi connectivity index (χ3n) is 6.86. The molecule has 0 saturated carbocycles. The Morgan fingerprint density at radius 1 is 1.00 bits per heavy atom. The fourth-order valence-electron chi connectivity index (χ4n) is 5.02. The smallest absolute Gasteiger partial charge is 0.296 e. The lowest BCUT2D eigenvalue weighted by atomic mass is 9.95. The van der Waals surface area contributed by atoms with Crippen molar-refractivity contribution in [2.24, 2.45) is 21.1 Å². The van der Waals surface area contributed by atoms with Crippen LogP contribution < -0.4 is 5.69 Å². The second-order valence-electron chi connectivity index (χ2n) is 10.9. The van der Waals surface area contributed by atoms with Gasteiger partial charge < -0.3 is 0 Å². The zero-order valence-corrected chi connectivity index (χ0v) is 22.1. The molecule has 0 spiro atoms. The lowest BCUT2D eigenvalue weighted by Crippen LogP contribution is -2.19. The number of fused-ring (bicyclic) bond motifs is 2. The molecule has 0 atom stereocenters. The first-order chi connectivity index (χ1) is 16.9. The highest BCUT2D eigenvalue weighted by Gasteiger charge is 2.26. The minimum Gasteiger partial charge on any atom is -0.296 e. The summed E-state index contributed by atoms with van der Waals surface area (Å²) >= 11 is 0. The Labute approximate surface area is 210 Å². The number of hydrogen-bond acceptors (Lipinski definition) is 4. The van der Waals surface area contributed by atoms with Crippen molar-refractivity contribution >= 4 is 22.1 Å². The summed E-state index contributed by atoms with van der Waals surface area (Å²) < 4.78 is 7.29. The minimum atomic E-state index is -0.268. The van der Waals surface area contributed by atoms with Crippen LogP contribution in [-0.2, 0) is 26.6 Å². The monoisotopic (exact) mass is 481 g/mol. The number of aryl methyl sites for hydroxylation is 3. The largest absolute Gasteiger partial charge is 0.328 e. The van der Waals surface area contributed by atoms with Gasteiger partial charge in [0.25, 0.3) is 0 Å². The number of hydrogen-bond donors (Lipinski definition) is 0. The zero-order chi connectivity index (χ0) is 26.1. The van der Waals surface area contributed by atoms with Crippen molar-refractivity contribution in [3.8, 4) is 22.9 Å². The van der Waals surface area contributed by atoms with E-state index < -0.39 is 0 Å². The summed E-state index contributed by atoms with van der Waals surface area (Å²) in [6.45, 7) is 10.7. The maximum Gasteiger partial charge on any atom is 0.328 e. The summed E-state index contributed by atoms with van der Waals surface area (Å²) in [4.78, 5) is 17.9. The molecule has 3 aromatic heterocycles. The summed E-state index contributed by atoms with van der Waals surface area (Å²) in [7, 11) is 5.49. The van der Waals surface area contributed by atoms with Gasteiger partial charge in [-0.15, -0.1) is 0 Å². The first-order valence-corrected chi connectivity index (χ1v) is 12.1. The molecule has 2 aromatic carbocycles. The highest BCUT2D eigenvalue weighted by atomic mass is 16.1. The fourth-order valence-corrected chi connectivity index (χ4v) is 5.02. The topological polar surface area (TPSA) is 86.4 Å². The van der Waals surface area contributed by atoms with Gasteiger partial charge in [-0.05, 0) is 35.7 Å². The van der Waals surface area contributed by atoms with Gasteiger partial charge in [-0.25, -0.2) is 9.78 Å². The third kappa shape index (κ3) is 3.46. The van der Waals surface area contributed by atoms with Gasteiger partial charge in [0, 0.05) is 49.6 Å². The van der Waals surface area contributed by atoms with E-state index >= 15 is 0 Å². The highest BCUT2D eigenvalue weighted by molar-refractivity contribution is 5.89. The van der Waals surface area contributed by atoms with Gasteiger partial charge in [0.1, 0.15) is 5.82 Å². The molecule has 0 bridgehead atoms. The summed E-state index contributed by atoms with van der Waals surface area (Å²) in [6, 6.07) is 10.5. The van der Waals surface area contributed by atoms with Crippen molar-refractivity contribution in [2.45, 2.75) is 46.0 Å². The normalized spacial score (nSPS) is 12.2. The standard InChI is InChI=1S/C28H31N7O/c1-16(2)20-10-19(11-24-25(20)34(8)27(36)33(24)7)35-23-9-17(13-29)21(18-14-30-32(6)15-18)12-22(23)31-26(35)28(3,4)5/h9-12,14-16H,1-8H3. The minimum absolute atomic E-state index is 0.0523. The van der Waals surface area contributed by atoms with Crippen molar-refractivity contribution in [1.82, 2.24) is 28.5 Å². The van der Waals surface area contributed by atoms with Gasteiger partial charge in [-0.1, -0.05) is 34.6 Å². The number of imidazole rings is 2. The first-order valence-electron chi connectivity index (χ1n) is 12.1. The Morgan fingerprint density at radius 3 is 2.31 bits per heavy atom. The Balaban J connectivity index is 1.90. The average molecular weight is 482 g/mol. The van der Waals surface area contributed by atoms with Crippen molar-refractivity contribution in [3.05, 3.63) is 64.1 Å². The number of rotatable bonds is 3. The van der Waals surface area contributed by atoms with Crippen LogP contribution in [0.15, 0.2) is 41.5 Å². The van der Waals surface area contributed by atoms with Crippen LogP contribution in [0.4, 0.5) is 0 Å². The van der Waals surface area contributed by atoms with Crippen molar-refractivity contribution in [3.63, 3.8) is 0 Å². The van der Waals surface area contributed by atoms with Gasteiger partial charge in [0.2, 0.25) is 0 Å². The summed E-state index contributed by atoms with van der Waals surface area (Å²) in [6.07, 6.45) is 3.67. The molecule has 0 aliphatic rings. The van der Waals surface area contributed by atoms with Crippen LogP contribution >= 0.6 is 0 Å². The van der Waals surface area contributed by atoms with E-state index in [4.69, 9.17) is 4.98 Å². The van der Waals surface area contributed by atoms with E-state index in [2.05, 4.69) is 62.5 Å². The Bertz CT molecular complexity index is 1760. The third-order valence-corrected chi connectivity index (χ3v) is 6.86. The Kier molecular flexibility index (Phi) is 5.22. The predicted molar refractivity (Wildman–Crippen MR) is 142 cm³/mol. The molecule has 0 unspecified atom stereocenters. The summed E-state index contributed by atoms with van der Waals surface area (Å²) in [5, 5.41) is 14.3. The van der Waals surface area contributed by atoms with Crippen molar-refractivity contribution in [2.75, 3.05) is 0 Å². The van der Waals surface area contributed by atoms with Crippen LogP contribution in [0.1, 0.15) is 57.5 Å². The zero-order valence-electron chi connectivity index (χ0n) is 22.1. The van der Waals surface area contributed by atoms with E-state index in [0.29, 0.717) is 5.56 Å². The number of nitriles is 1. The van der Waals surface area contributed by atoms with Gasteiger partial charge in [-0.3, -0.25) is 18.4 Å². The van der Waals surface area contributed by atoms with Gasteiger partial charge in [0.05, 0.1) is 39.9 Å². The molecular formula is C28H31N7O. The molecule has 0 aliphatic carbocycles. The predicted octanol–water partition coefficient (Wildman–Crippen LogP) is 4.91. The molecule has 8 heteroatoms. The van der Waals surface area contributed by atoms with E-state index in [1.165, 1.54) is 0 Å². The molecular weight excluding hydrogens is 450 g/mol. The van der Waals surface area contributed by atoms with Crippen molar-refractivity contribution in [1.29, 1.82) is 5.26 Å². The van der Waals surface area contributed by atoms with Gasteiger partial charge in [0.15, 0.2) is 0 Å². The maximum atomic E-state index is 12.8. The van der Waals surface area contributed by atoms with Crippen LogP contribution in [-0.4, -0.2) is 28.5 Å². The van der Waals surface area contributed by atoms with Crippen LogP contribution in [0.25, 0.3) is 38.9 Å². The molecule has 0 amide bonds. The molecule has 0 aliphatic heterocycles. The van der Waals surface area contributed by atoms with E-state index in [-0.39, 0.29) is 17.0 Å². The molecule has 0 radical (unpaired) electrons. The molecule has 8 nitrogen and oxygen atoms in total. The second-order valence-corrected chi connectivity index (χ2v) is 10.9. The number of benzene rings is 2. The van der Waals surface area contributed by atoms with Crippen LogP contribution in [0, 0.1) is 11.3 Å². The quantitative estimate of drug-likeness (QED) is 0.366. The van der Waals surface area contributed by atoms with E-state index in [1.54, 1.807) is 20.0 Å². The second kappa shape index (κ2) is 7.95. The SMILES string of the molecule is CC(C)c1cc(-n2c(C(C)(C)C)nc3cc(-c4cnn(C)c4)c(C#N)cc32)cc2c1n(C)c(=O)n2C. The van der Waals surface area contributed by atoms with Crippen molar-refractivity contribution < 1.29 is 0 Å². The molecule has 184 valence electrons. The molecule has 5 aromatic rings. The Morgan fingerprint density at radius 2 is 1.72 bits per heavy atom. The van der Waals surface area contributed by atoms with Gasteiger partial charge in [-0.2, -0.15) is 10.4 Å². The van der Waals surface area contributed by atoms with E-state index in [0.717, 1.165) is 50.3 Å². The average Bonchev–Trinajstić information content (AvgIpc) is 3.48. The molecule has 0 fully saturated rings. The molecule has 36 heavy (non-hydrogen) atoms. The Hall–Kier alpha value is -4.12. The molecule has 3 heterocycles. The summed E-state index contributed by atoms with van der Waals surface area (Å²) in [5.41, 5.74) is 7.45. The molecule has 5 rings (SSSR count).